The Labute approximate surface area is 140 Å². The van der Waals surface area contributed by atoms with Crippen molar-refractivity contribution in [2.75, 3.05) is 12.8 Å². The lowest BCUT2D eigenvalue weighted by Gasteiger charge is -2.08. The Morgan fingerprint density at radius 1 is 1.30 bits per heavy atom. The number of nitrogens with two attached hydrogens (primary N) is 1. The molecule has 0 bridgehead atoms. The molecule has 0 aliphatic heterocycles. The van der Waals surface area contributed by atoms with Gasteiger partial charge in [0.15, 0.2) is 0 Å². The van der Waals surface area contributed by atoms with Gasteiger partial charge in [-0.15, -0.1) is 11.8 Å². The summed E-state index contributed by atoms with van der Waals surface area (Å²) < 4.78 is 5.97. The number of rotatable bonds is 5. The van der Waals surface area contributed by atoms with E-state index in [-0.39, 0.29) is 0 Å². The molecule has 0 aliphatic rings. The number of aromatic nitrogens is 2. The van der Waals surface area contributed by atoms with E-state index in [1.165, 1.54) is 0 Å². The highest BCUT2D eigenvalue weighted by Gasteiger charge is 2.10. The quantitative estimate of drug-likeness (QED) is 0.588. The number of nitrogens with zero attached hydrogens (tertiary/aromatic N) is 2. The minimum absolute atomic E-state index is 0.434. The molecule has 1 aromatic carbocycles. The average Bonchev–Trinajstić information content (AvgIpc) is 2.44. The Kier molecular flexibility index (Phi) is 5.88. The second-order valence-electron chi connectivity index (χ2n) is 3.96. The van der Waals surface area contributed by atoms with Crippen LogP contribution >= 0.6 is 46.0 Å². The van der Waals surface area contributed by atoms with E-state index >= 15 is 0 Å². The van der Waals surface area contributed by atoms with Crippen LogP contribution in [-0.4, -0.2) is 17.1 Å². The summed E-state index contributed by atoms with van der Waals surface area (Å²) >= 11 is 9.64. The van der Waals surface area contributed by atoms with Gasteiger partial charge in [-0.05, 0) is 46.9 Å². The van der Waals surface area contributed by atoms with Crippen molar-refractivity contribution < 1.29 is 4.74 Å². The molecule has 0 unspecified atom stereocenters. The molecule has 2 aromatic rings. The maximum atomic E-state index is 5.90. The van der Waals surface area contributed by atoms with Crippen LogP contribution < -0.4 is 5.73 Å². The molecule has 20 heavy (non-hydrogen) atoms. The van der Waals surface area contributed by atoms with E-state index < -0.39 is 0 Å². The number of hydrogen-bond donors (Lipinski definition) is 1. The van der Waals surface area contributed by atoms with E-state index in [4.69, 9.17) is 22.1 Å². The molecule has 0 atom stereocenters. The number of ether oxygens (including phenoxy) is 1. The molecule has 106 valence electrons. The van der Waals surface area contributed by atoms with Crippen molar-refractivity contribution in [2.45, 2.75) is 17.3 Å². The minimum Gasteiger partial charge on any atom is -0.383 e. The zero-order valence-electron chi connectivity index (χ0n) is 10.8. The van der Waals surface area contributed by atoms with Gasteiger partial charge in [0.1, 0.15) is 11.6 Å². The van der Waals surface area contributed by atoms with Gasteiger partial charge in [0.2, 0.25) is 0 Å². The lowest BCUT2D eigenvalue weighted by atomic mass is 10.4. The third kappa shape index (κ3) is 4.21. The van der Waals surface area contributed by atoms with Gasteiger partial charge in [0.25, 0.3) is 0 Å². The van der Waals surface area contributed by atoms with E-state index in [0.717, 1.165) is 19.2 Å². The predicted molar refractivity (Wildman–Crippen MR) is 90.9 cm³/mol. The van der Waals surface area contributed by atoms with Crippen LogP contribution in [0.25, 0.3) is 0 Å². The van der Waals surface area contributed by atoms with Crippen molar-refractivity contribution in [3.05, 3.63) is 44.4 Å². The molecule has 1 aromatic heterocycles. The van der Waals surface area contributed by atoms with Crippen molar-refractivity contribution >= 4 is 51.8 Å². The molecule has 0 amide bonds. The SMILES string of the molecule is COCc1nc(CSc2ccc(Cl)cc2)nc(N)c1I. The van der Waals surface area contributed by atoms with Gasteiger partial charge >= 0.3 is 0 Å². The number of thioether (sulfide) groups is 1. The average molecular weight is 422 g/mol. The minimum atomic E-state index is 0.434. The zero-order chi connectivity index (χ0) is 14.5. The first-order chi connectivity index (χ1) is 9.60. The van der Waals surface area contributed by atoms with Gasteiger partial charge in [-0.3, -0.25) is 0 Å². The molecule has 7 heteroatoms. The third-order valence-electron chi connectivity index (χ3n) is 2.45. The summed E-state index contributed by atoms with van der Waals surface area (Å²) in [5, 5.41) is 0.728. The summed E-state index contributed by atoms with van der Waals surface area (Å²) in [7, 11) is 1.64. The fraction of sp³-hybridized carbons (Fsp3) is 0.231. The summed E-state index contributed by atoms with van der Waals surface area (Å²) in [6.45, 7) is 0.434. The van der Waals surface area contributed by atoms with Crippen LogP contribution in [0.15, 0.2) is 29.2 Å². The van der Waals surface area contributed by atoms with Crippen LogP contribution in [0.4, 0.5) is 5.82 Å². The predicted octanol–water partition coefficient (Wildman–Crippen LogP) is 3.76. The summed E-state index contributed by atoms with van der Waals surface area (Å²) in [6.07, 6.45) is 0. The summed E-state index contributed by atoms with van der Waals surface area (Å²) in [6, 6.07) is 7.67. The van der Waals surface area contributed by atoms with Crippen molar-refractivity contribution in [3.8, 4) is 0 Å². The first kappa shape index (κ1) is 15.8. The Morgan fingerprint density at radius 2 is 2.00 bits per heavy atom. The fourth-order valence-electron chi connectivity index (χ4n) is 1.54. The number of halogens is 2. The van der Waals surface area contributed by atoms with E-state index in [2.05, 4.69) is 32.6 Å². The zero-order valence-corrected chi connectivity index (χ0v) is 14.5. The topological polar surface area (TPSA) is 61.0 Å². The Morgan fingerprint density at radius 3 is 2.65 bits per heavy atom. The third-order valence-corrected chi connectivity index (χ3v) is 4.89. The van der Waals surface area contributed by atoms with Crippen molar-refractivity contribution in [1.82, 2.24) is 9.97 Å². The molecule has 0 saturated heterocycles. The molecule has 0 aliphatic carbocycles. The number of methoxy groups -OCH3 is 1. The highest BCUT2D eigenvalue weighted by Crippen LogP contribution is 2.25. The first-order valence-corrected chi connectivity index (χ1v) is 8.22. The molecule has 0 spiro atoms. The van der Waals surface area contributed by atoms with Gasteiger partial charge in [-0.25, -0.2) is 9.97 Å². The molecule has 0 saturated carbocycles. The smallest absolute Gasteiger partial charge is 0.141 e. The van der Waals surface area contributed by atoms with E-state index in [9.17, 15) is 0 Å². The molecule has 0 fully saturated rings. The summed E-state index contributed by atoms with van der Waals surface area (Å²) in [5.41, 5.74) is 6.73. The lowest BCUT2D eigenvalue weighted by Crippen LogP contribution is -2.07. The number of anilines is 1. The van der Waals surface area contributed by atoms with Crippen molar-refractivity contribution in [1.29, 1.82) is 0 Å². The van der Waals surface area contributed by atoms with Gasteiger partial charge in [0, 0.05) is 17.0 Å². The number of benzene rings is 1. The number of hydrogen-bond acceptors (Lipinski definition) is 5. The standard InChI is InChI=1S/C13H13ClIN3OS/c1-19-6-10-12(15)13(16)18-11(17-10)7-20-9-4-2-8(14)3-5-9/h2-5H,6-7H2,1H3,(H2,16,17,18). The van der Waals surface area contributed by atoms with Crippen LogP contribution in [0, 0.1) is 3.57 Å². The Hall–Kier alpha value is -0.570. The number of nitrogen functional groups attached to an aromatic ring is 1. The van der Waals surface area contributed by atoms with Crippen molar-refractivity contribution in [3.63, 3.8) is 0 Å². The molecule has 2 rings (SSSR count). The van der Waals surface area contributed by atoms with Gasteiger partial charge < -0.3 is 10.5 Å². The molecular weight excluding hydrogens is 409 g/mol. The summed E-state index contributed by atoms with van der Waals surface area (Å²) in [4.78, 5) is 9.90. The van der Waals surface area contributed by atoms with Crippen LogP contribution in [0.2, 0.25) is 5.02 Å². The first-order valence-electron chi connectivity index (χ1n) is 5.78. The van der Waals surface area contributed by atoms with E-state index in [1.807, 2.05) is 24.3 Å². The Bertz CT molecular complexity index is 595. The van der Waals surface area contributed by atoms with Crippen LogP contribution in [0.1, 0.15) is 11.5 Å². The second-order valence-corrected chi connectivity index (χ2v) is 6.53. The highest BCUT2D eigenvalue weighted by atomic mass is 127. The lowest BCUT2D eigenvalue weighted by molar-refractivity contribution is 0.180. The van der Waals surface area contributed by atoms with E-state index in [1.54, 1.807) is 18.9 Å². The monoisotopic (exact) mass is 421 g/mol. The maximum Gasteiger partial charge on any atom is 0.141 e. The van der Waals surface area contributed by atoms with Crippen LogP contribution in [-0.2, 0) is 17.1 Å². The van der Waals surface area contributed by atoms with Crippen LogP contribution in [0.3, 0.4) is 0 Å². The van der Waals surface area contributed by atoms with Gasteiger partial charge in [-0.2, -0.15) is 0 Å². The molecule has 1 heterocycles. The maximum absolute atomic E-state index is 5.90. The molecular formula is C13H13ClIN3OS. The van der Waals surface area contributed by atoms with E-state index in [0.29, 0.717) is 24.0 Å². The second kappa shape index (κ2) is 7.44. The fourth-order valence-corrected chi connectivity index (χ4v) is 2.82. The molecule has 0 radical (unpaired) electrons. The van der Waals surface area contributed by atoms with Gasteiger partial charge in [0.05, 0.1) is 21.6 Å². The molecule has 2 N–H and O–H groups in total. The Balaban J connectivity index is 2.11. The molecule has 4 nitrogen and oxygen atoms in total. The highest BCUT2D eigenvalue weighted by molar-refractivity contribution is 14.1. The summed E-state index contributed by atoms with van der Waals surface area (Å²) in [5.74, 6) is 1.86. The normalized spacial score (nSPS) is 10.8. The van der Waals surface area contributed by atoms with Crippen LogP contribution in [0.5, 0.6) is 0 Å². The van der Waals surface area contributed by atoms with Crippen molar-refractivity contribution in [2.24, 2.45) is 0 Å². The largest absolute Gasteiger partial charge is 0.383 e. The van der Waals surface area contributed by atoms with Gasteiger partial charge in [-0.1, -0.05) is 11.6 Å².